The Bertz CT molecular complexity index is 802. The fraction of sp³-hybridized carbons (Fsp3) is 0.435. The van der Waals surface area contributed by atoms with E-state index in [-0.39, 0.29) is 25.4 Å². The molecule has 2 atom stereocenters. The SMILES string of the molecule is C=CCOC(=O)/C(CC(CC(C(C)=O)C(=O)OCC=C)(C(C)=O)C(=O)OCC=C)=C(/C)O. The van der Waals surface area contributed by atoms with Gasteiger partial charge in [0.1, 0.15) is 42.7 Å². The minimum absolute atomic E-state index is 0.187. The third kappa shape index (κ3) is 7.98. The Morgan fingerprint density at radius 2 is 1.38 bits per heavy atom. The minimum Gasteiger partial charge on any atom is -0.512 e. The van der Waals surface area contributed by atoms with Gasteiger partial charge in [0.05, 0.1) is 11.3 Å². The molecule has 9 nitrogen and oxygen atoms in total. The highest BCUT2D eigenvalue weighted by Gasteiger charge is 2.50. The second-order valence-electron chi connectivity index (χ2n) is 6.94. The van der Waals surface area contributed by atoms with Crippen LogP contribution >= 0.6 is 0 Å². The number of Topliss-reactive ketones (excluding diaryl/α,β-unsaturated/α-hetero) is 2. The maximum Gasteiger partial charge on any atom is 0.337 e. The van der Waals surface area contributed by atoms with Gasteiger partial charge >= 0.3 is 17.9 Å². The third-order valence-electron chi connectivity index (χ3n) is 4.56. The first-order valence-electron chi connectivity index (χ1n) is 9.72. The monoisotopic (exact) mass is 450 g/mol. The van der Waals surface area contributed by atoms with E-state index in [0.717, 1.165) is 13.8 Å². The number of rotatable bonds is 15. The second-order valence-corrected chi connectivity index (χ2v) is 6.94. The summed E-state index contributed by atoms with van der Waals surface area (Å²) in [4.78, 5) is 62.9. The maximum absolute atomic E-state index is 13.0. The molecule has 2 unspecified atom stereocenters. The van der Waals surface area contributed by atoms with Crippen molar-refractivity contribution in [3.05, 3.63) is 49.3 Å². The van der Waals surface area contributed by atoms with E-state index in [1.165, 1.54) is 25.2 Å². The van der Waals surface area contributed by atoms with Crippen LogP contribution in [0.15, 0.2) is 49.3 Å². The van der Waals surface area contributed by atoms with E-state index in [9.17, 15) is 29.1 Å². The maximum atomic E-state index is 13.0. The van der Waals surface area contributed by atoms with Gasteiger partial charge in [-0.05, 0) is 27.2 Å². The molecular weight excluding hydrogens is 420 g/mol. The molecule has 0 fully saturated rings. The van der Waals surface area contributed by atoms with Crippen LogP contribution in [-0.2, 0) is 38.2 Å². The molecular formula is C23H30O9. The number of carbonyl (C=O) groups is 5. The zero-order valence-corrected chi connectivity index (χ0v) is 18.7. The molecule has 0 heterocycles. The van der Waals surface area contributed by atoms with Crippen LogP contribution < -0.4 is 0 Å². The summed E-state index contributed by atoms with van der Waals surface area (Å²) in [6.45, 7) is 12.9. The van der Waals surface area contributed by atoms with E-state index in [4.69, 9.17) is 14.2 Å². The lowest BCUT2D eigenvalue weighted by atomic mass is 9.70. The summed E-state index contributed by atoms with van der Waals surface area (Å²) >= 11 is 0. The molecule has 176 valence electrons. The summed E-state index contributed by atoms with van der Waals surface area (Å²) in [7, 11) is 0. The van der Waals surface area contributed by atoms with E-state index >= 15 is 0 Å². The third-order valence-corrected chi connectivity index (χ3v) is 4.56. The van der Waals surface area contributed by atoms with Gasteiger partial charge in [0.15, 0.2) is 0 Å². The summed E-state index contributed by atoms with van der Waals surface area (Å²) in [6.07, 6.45) is 2.53. The van der Waals surface area contributed by atoms with E-state index in [1.54, 1.807) is 0 Å². The number of esters is 3. The van der Waals surface area contributed by atoms with Crippen LogP contribution in [0.5, 0.6) is 0 Å². The van der Waals surface area contributed by atoms with Crippen LogP contribution in [0.2, 0.25) is 0 Å². The quantitative estimate of drug-likeness (QED) is 0.0997. The zero-order valence-electron chi connectivity index (χ0n) is 18.7. The highest BCUT2D eigenvalue weighted by Crippen LogP contribution is 2.38. The molecule has 0 spiro atoms. The van der Waals surface area contributed by atoms with Crippen LogP contribution in [0.3, 0.4) is 0 Å². The Balaban J connectivity index is 6.51. The van der Waals surface area contributed by atoms with Crippen molar-refractivity contribution in [2.24, 2.45) is 11.3 Å². The number of ether oxygens (including phenoxy) is 3. The molecule has 0 aliphatic rings. The lowest BCUT2D eigenvalue weighted by Crippen LogP contribution is -2.45. The van der Waals surface area contributed by atoms with E-state index in [2.05, 4.69) is 19.7 Å². The van der Waals surface area contributed by atoms with Crippen molar-refractivity contribution in [1.29, 1.82) is 0 Å². The first-order valence-corrected chi connectivity index (χ1v) is 9.72. The van der Waals surface area contributed by atoms with Crippen molar-refractivity contribution in [2.75, 3.05) is 19.8 Å². The van der Waals surface area contributed by atoms with E-state index in [1.807, 2.05) is 0 Å². The van der Waals surface area contributed by atoms with Crippen LogP contribution in [-0.4, -0.2) is 54.4 Å². The van der Waals surface area contributed by atoms with Crippen LogP contribution in [0, 0.1) is 11.3 Å². The molecule has 0 aromatic heterocycles. The molecule has 0 rings (SSSR count). The normalized spacial score (nSPS) is 14.0. The standard InChI is InChI=1S/C23H30O9/c1-7-10-30-20(27)18(15(4)24)13-23(17(6)26,22(29)32-12-9-3)14-19(16(5)25)21(28)31-11-8-2/h7-9,18,25H,1-3,10-14H2,4-6H3/b19-16-. The number of ketones is 2. The summed E-state index contributed by atoms with van der Waals surface area (Å²) in [5.41, 5.74) is -2.56. The lowest BCUT2D eigenvalue weighted by molar-refractivity contribution is -0.162. The minimum atomic E-state index is -2.17. The number of allylic oxidation sites excluding steroid dienone is 1. The van der Waals surface area contributed by atoms with Gasteiger partial charge in [-0.3, -0.25) is 19.2 Å². The van der Waals surface area contributed by atoms with Crippen molar-refractivity contribution in [1.82, 2.24) is 0 Å². The van der Waals surface area contributed by atoms with Crippen LogP contribution in [0.4, 0.5) is 0 Å². The van der Waals surface area contributed by atoms with E-state index < -0.39 is 59.4 Å². The average Bonchev–Trinajstić information content (AvgIpc) is 2.73. The van der Waals surface area contributed by atoms with Crippen molar-refractivity contribution in [3.8, 4) is 0 Å². The molecule has 0 saturated carbocycles. The highest BCUT2D eigenvalue weighted by molar-refractivity contribution is 6.07. The van der Waals surface area contributed by atoms with Gasteiger partial charge in [-0.25, -0.2) is 4.79 Å². The predicted molar refractivity (Wildman–Crippen MR) is 115 cm³/mol. The Labute approximate surface area is 187 Å². The second kappa shape index (κ2) is 13.7. The van der Waals surface area contributed by atoms with E-state index in [0.29, 0.717) is 0 Å². The first-order chi connectivity index (χ1) is 15.0. The summed E-state index contributed by atoms with van der Waals surface area (Å²) < 4.78 is 14.9. The van der Waals surface area contributed by atoms with Gasteiger partial charge in [0, 0.05) is 6.42 Å². The molecule has 0 aromatic carbocycles. The van der Waals surface area contributed by atoms with Crippen molar-refractivity contribution in [2.45, 2.75) is 33.6 Å². The summed E-state index contributed by atoms with van der Waals surface area (Å²) in [5.74, 6) is -6.54. The van der Waals surface area contributed by atoms with Crippen molar-refractivity contribution in [3.63, 3.8) is 0 Å². The van der Waals surface area contributed by atoms with Crippen molar-refractivity contribution < 1.29 is 43.3 Å². The molecule has 0 saturated heterocycles. The first kappa shape index (κ1) is 28.5. The molecule has 0 radical (unpaired) electrons. The van der Waals surface area contributed by atoms with Gasteiger partial charge in [-0.1, -0.05) is 38.0 Å². The van der Waals surface area contributed by atoms with Gasteiger partial charge in [0.2, 0.25) is 0 Å². The fourth-order valence-corrected chi connectivity index (χ4v) is 2.77. The van der Waals surface area contributed by atoms with Crippen molar-refractivity contribution >= 4 is 29.5 Å². The molecule has 0 aliphatic carbocycles. The van der Waals surface area contributed by atoms with Gasteiger partial charge < -0.3 is 19.3 Å². The number of aliphatic hydroxyl groups excluding tert-OH is 1. The Morgan fingerprint density at radius 3 is 1.81 bits per heavy atom. The van der Waals surface area contributed by atoms with Crippen LogP contribution in [0.25, 0.3) is 0 Å². The molecule has 32 heavy (non-hydrogen) atoms. The molecule has 9 heteroatoms. The largest absolute Gasteiger partial charge is 0.512 e. The fourth-order valence-electron chi connectivity index (χ4n) is 2.77. The number of aliphatic hydroxyl groups is 1. The average molecular weight is 450 g/mol. The Hall–Kier alpha value is -3.49. The predicted octanol–water partition coefficient (Wildman–Crippen LogP) is 2.57. The number of hydrogen-bond donors (Lipinski definition) is 1. The molecule has 0 aliphatic heterocycles. The van der Waals surface area contributed by atoms with Crippen LogP contribution in [0.1, 0.15) is 33.6 Å². The number of carbonyl (C=O) groups excluding carboxylic acids is 5. The zero-order chi connectivity index (χ0) is 24.9. The Kier molecular flexibility index (Phi) is 12.2. The highest BCUT2D eigenvalue weighted by atomic mass is 16.5. The van der Waals surface area contributed by atoms with Gasteiger partial charge in [-0.2, -0.15) is 0 Å². The number of hydrogen-bond acceptors (Lipinski definition) is 9. The molecule has 0 bridgehead atoms. The Morgan fingerprint density at radius 1 is 0.875 bits per heavy atom. The molecule has 0 aromatic rings. The lowest BCUT2D eigenvalue weighted by Gasteiger charge is -2.31. The summed E-state index contributed by atoms with van der Waals surface area (Å²) in [6, 6.07) is 0. The topological polar surface area (TPSA) is 133 Å². The smallest absolute Gasteiger partial charge is 0.337 e. The molecule has 0 amide bonds. The summed E-state index contributed by atoms with van der Waals surface area (Å²) in [5, 5.41) is 10.1. The van der Waals surface area contributed by atoms with Gasteiger partial charge in [-0.15, -0.1) is 0 Å². The molecule has 1 N–H and O–H groups in total. The van der Waals surface area contributed by atoms with Gasteiger partial charge in [0.25, 0.3) is 0 Å².